The summed E-state index contributed by atoms with van der Waals surface area (Å²) in [6, 6.07) is 4.63. The van der Waals surface area contributed by atoms with Gasteiger partial charge in [-0.15, -0.1) is 11.3 Å². The molecule has 2 heterocycles. The lowest BCUT2D eigenvalue weighted by Gasteiger charge is -2.33. The molecule has 1 aliphatic heterocycles. The predicted molar refractivity (Wildman–Crippen MR) is 84.1 cm³/mol. The number of ether oxygens (including phenoxy) is 1. The fourth-order valence-corrected chi connectivity index (χ4v) is 4.53. The minimum atomic E-state index is -3.22. The maximum Gasteiger partial charge on any atom is 0.212 e. The van der Waals surface area contributed by atoms with E-state index in [1.165, 1.54) is 12.8 Å². The van der Waals surface area contributed by atoms with Crippen LogP contribution in [-0.4, -0.2) is 57.5 Å². The minimum Gasteiger partial charge on any atom is -0.374 e. The quantitative estimate of drug-likeness (QED) is 0.813. The van der Waals surface area contributed by atoms with Gasteiger partial charge in [0.2, 0.25) is 10.0 Å². The minimum absolute atomic E-state index is 0.0177. The van der Waals surface area contributed by atoms with Gasteiger partial charge in [0.25, 0.3) is 0 Å². The fourth-order valence-electron chi connectivity index (χ4n) is 2.62. The zero-order chi connectivity index (χ0) is 14.7. The van der Waals surface area contributed by atoms with Crippen LogP contribution in [0.15, 0.2) is 17.5 Å². The molecule has 1 aliphatic carbocycles. The molecule has 118 valence electrons. The molecule has 0 amide bonds. The van der Waals surface area contributed by atoms with Crippen LogP contribution < -0.4 is 4.72 Å². The highest BCUT2D eigenvalue weighted by atomic mass is 32.2. The van der Waals surface area contributed by atoms with Gasteiger partial charge in [-0.3, -0.25) is 4.90 Å². The van der Waals surface area contributed by atoms with Crippen LogP contribution >= 0.6 is 11.3 Å². The monoisotopic (exact) mass is 330 g/mol. The lowest BCUT2D eigenvalue weighted by Crippen LogP contribution is -2.48. The number of hydrogen-bond acceptors (Lipinski definition) is 5. The number of nitrogens with one attached hydrogen (secondary N) is 1. The van der Waals surface area contributed by atoms with E-state index in [4.69, 9.17) is 4.74 Å². The van der Waals surface area contributed by atoms with Crippen LogP contribution in [0.4, 0.5) is 0 Å². The van der Waals surface area contributed by atoms with Crippen molar-refractivity contribution in [2.45, 2.75) is 31.4 Å². The van der Waals surface area contributed by atoms with Crippen molar-refractivity contribution in [1.82, 2.24) is 9.62 Å². The largest absolute Gasteiger partial charge is 0.374 e. The van der Waals surface area contributed by atoms with E-state index in [1.54, 1.807) is 11.3 Å². The average Bonchev–Trinajstić information content (AvgIpc) is 3.20. The number of nitrogens with zero attached hydrogens (tertiary/aromatic N) is 1. The van der Waals surface area contributed by atoms with Crippen LogP contribution in [-0.2, 0) is 21.2 Å². The van der Waals surface area contributed by atoms with Gasteiger partial charge < -0.3 is 4.74 Å². The van der Waals surface area contributed by atoms with Gasteiger partial charge in [0.1, 0.15) is 0 Å². The van der Waals surface area contributed by atoms with Crippen LogP contribution in [0.1, 0.15) is 17.7 Å². The van der Waals surface area contributed by atoms with E-state index >= 15 is 0 Å². The lowest BCUT2D eigenvalue weighted by molar-refractivity contribution is -0.0277. The number of thiophene rings is 1. The molecule has 2 fully saturated rings. The zero-order valence-corrected chi connectivity index (χ0v) is 13.7. The summed E-state index contributed by atoms with van der Waals surface area (Å²) in [7, 11) is -3.22. The molecule has 1 atom stereocenters. The molecule has 1 unspecified atom stereocenters. The van der Waals surface area contributed by atoms with E-state index in [1.807, 2.05) is 17.5 Å². The summed E-state index contributed by atoms with van der Waals surface area (Å²) in [6.45, 7) is 2.92. The van der Waals surface area contributed by atoms with Crippen LogP contribution in [0, 0.1) is 0 Å². The Bertz CT molecular complexity index is 541. The second kappa shape index (κ2) is 6.75. The topological polar surface area (TPSA) is 58.6 Å². The summed E-state index contributed by atoms with van der Waals surface area (Å²) in [5, 5.41) is 1.97. The second-order valence-electron chi connectivity index (χ2n) is 5.72. The molecule has 1 saturated heterocycles. The molecule has 0 bridgehead atoms. The SMILES string of the molecule is O=S(=O)(CCc1cccs1)NCC1CN(C2CC2)CCO1. The third kappa shape index (κ3) is 4.75. The maximum absolute atomic E-state index is 12.0. The van der Waals surface area contributed by atoms with Crippen LogP contribution in [0.3, 0.4) is 0 Å². The maximum atomic E-state index is 12.0. The van der Waals surface area contributed by atoms with Gasteiger partial charge in [0.15, 0.2) is 0 Å². The average molecular weight is 330 g/mol. The molecule has 1 aromatic rings. The number of sulfonamides is 1. The third-order valence-corrected chi connectivity index (χ3v) is 6.25. The normalized spacial score (nSPS) is 24.3. The summed E-state index contributed by atoms with van der Waals surface area (Å²) < 4.78 is 32.4. The number of aryl methyl sites for hydroxylation is 1. The van der Waals surface area contributed by atoms with Crippen molar-refractivity contribution < 1.29 is 13.2 Å². The lowest BCUT2D eigenvalue weighted by atomic mass is 10.2. The summed E-state index contributed by atoms with van der Waals surface area (Å²) in [4.78, 5) is 3.53. The van der Waals surface area contributed by atoms with Gasteiger partial charge in [0, 0.05) is 30.6 Å². The van der Waals surface area contributed by atoms with Gasteiger partial charge >= 0.3 is 0 Å². The van der Waals surface area contributed by atoms with Crippen molar-refractivity contribution in [2.24, 2.45) is 0 Å². The number of rotatable bonds is 7. The molecule has 1 saturated carbocycles. The highest BCUT2D eigenvalue weighted by Gasteiger charge is 2.33. The Balaban J connectivity index is 1.42. The van der Waals surface area contributed by atoms with Crippen LogP contribution in [0.25, 0.3) is 0 Å². The van der Waals surface area contributed by atoms with Crippen molar-refractivity contribution >= 4 is 21.4 Å². The van der Waals surface area contributed by atoms with E-state index in [0.29, 0.717) is 25.6 Å². The smallest absolute Gasteiger partial charge is 0.212 e. The summed E-state index contributed by atoms with van der Waals surface area (Å²) in [5.41, 5.74) is 0. The van der Waals surface area contributed by atoms with Crippen molar-refractivity contribution in [3.63, 3.8) is 0 Å². The molecular weight excluding hydrogens is 308 g/mol. The van der Waals surface area contributed by atoms with Gasteiger partial charge in [0.05, 0.1) is 18.5 Å². The Labute approximate surface area is 130 Å². The van der Waals surface area contributed by atoms with E-state index < -0.39 is 10.0 Å². The molecule has 0 spiro atoms. The molecule has 0 radical (unpaired) electrons. The van der Waals surface area contributed by atoms with Crippen LogP contribution in [0.5, 0.6) is 0 Å². The molecular formula is C14H22N2O3S2. The Morgan fingerprint density at radius 3 is 3.00 bits per heavy atom. The van der Waals surface area contributed by atoms with E-state index in [2.05, 4.69) is 9.62 Å². The van der Waals surface area contributed by atoms with Crippen LogP contribution in [0.2, 0.25) is 0 Å². The zero-order valence-electron chi connectivity index (χ0n) is 12.0. The highest BCUT2D eigenvalue weighted by Crippen LogP contribution is 2.28. The van der Waals surface area contributed by atoms with Crippen molar-refractivity contribution in [1.29, 1.82) is 0 Å². The first-order chi connectivity index (χ1) is 10.1. The Hall–Kier alpha value is -0.470. The molecule has 2 aliphatic rings. The van der Waals surface area contributed by atoms with Crippen molar-refractivity contribution in [3.8, 4) is 0 Å². The second-order valence-corrected chi connectivity index (χ2v) is 8.67. The molecule has 3 rings (SSSR count). The molecule has 21 heavy (non-hydrogen) atoms. The number of morpholine rings is 1. The Morgan fingerprint density at radius 1 is 1.43 bits per heavy atom. The Kier molecular flexibility index (Phi) is 4.96. The van der Waals surface area contributed by atoms with Gasteiger partial charge in [-0.2, -0.15) is 0 Å². The summed E-state index contributed by atoms with van der Waals surface area (Å²) >= 11 is 1.60. The predicted octanol–water partition coefficient (Wildman–Crippen LogP) is 1.07. The fraction of sp³-hybridized carbons (Fsp3) is 0.714. The van der Waals surface area contributed by atoms with Gasteiger partial charge in [-0.25, -0.2) is 13.1 Å². The molecule has 5 nitrogen and oxygen atoms in total. The first kappa shape index (κ1) is 15.4. The molecule has 7 heteroatoms. The molecule has 1 aromatic heterocycles. The van der Waals surface area contributed by atoms with E-state index in [0.717, 1.165) is 18.0 Å². The van der Waals surface area contributed by atoms with Gasteiger partial charge in [-0.1, -0.05) is 6.07 Å². The Morgan fingerprint density at radius 2 is 2.29 bits per heavy atom. The van der Waals surface area contributed by atoms with Crippen molar-refractivity contribution in [2.75, 3.05) is 32.0 Å². The molecule has 1 N–H and O–H groups in total. The third-order valence-electron chi connectivity index (χ3n) is 3.96. The first-order valence-corrected chi connectivity index (χ1v) is 10.0. The van der Waals surface area contributed by atoms with Crippen molar-refractivity contribution in [3.05, 3.63) is 22.4 Å². The standard InChI is InChI=1S/C14H22N2O3S2/c17-21(18,9-5-14-2-1-8-20-14)15-10-13-11-16(6-7-19-13)12-3-4-12/h1-2,8,12-13,15H,3-7,9-11H2. The highest BCUT2D eigenvalue weighted by molar-refractivity contribution is 7.89. The van der Waals surface area contributed by atoms with Gasteiger partial charge in [-0.05, 0) is 30.7 Å². The summed E-state index contributed by atoms with van der Waals surface area (Å²) in [5.74, 6) is 0.145. The summed E-state index contributed by atoms with van der Waals surface area (Å²) in [6.07, 6.45) is 3.11. The van der Waals surface area contributed by atoms with E-state index in [-0.39, 0.29) is 11.9 Å². The van der Waals surface area contributed by atoms with E-state index in [9.17, 15) is 8.42 Å². The number of hydrogen-bond donors (Lipinski definition) is 1. The molecule has 0 aromatic carbocycles. The first-order valence-electron chi connectivity index (χ1n) is 7.48.